The SMILES string of the molecule is Cc1ccc2oc(C3CCC(Br)C3)cc2c1. The zero-order valence-electron chi connectivity index (χ0n) is 9.37. The second kappa shape index (κ2) is 3.92. The largest absolute Gasteiger partial charge is 0.461 e. The third-order valence-corrected chi connectivity index (χ3v) is 4.29. The highest BCUT2D eigenvalue weighted by Crippen LogP contribution is 2.39. The first-order chi connectivity index (χ1) is 7.72. The van der Waals surface area contributed by atoms with Crippen LogP contribution in [0.4, 0.5) is 0 Å². The van der Waals surface area contributed by atoms with Gasteiger partial charge in [-0.2, -0.15) is 0 Å². The predicted molar refractivity (Wildman–Crippen MR) is 70.3 cm³/mol. The third kappa shape index (κ3) is 1.80. The number of hydrogen-bond donors (Lipinski definition) is 0. The Morgan fingerprint density at radius 2 is 2.12 bits per heavy atom. The fourth-order valence-corrected chi connectivity index (χ4v) is 3.28. The molecule has 1 aromatic carbocycles. The lowest BCUT2D eigenvalue weighted by atomic mass is 10.0. The molecule has 2 atom stereocenters. The molecule has 3 rings (SSSR count). The molecular formula is C14H15BrO. The van der Waals surface area contributed by atoms with Crippen LogP contribution in [0.25, 0.3) is 11.0 Å². The molecule has 0 aliphatic heterocycles. The monoisotopic (exact) mass is 278 g/mol. The summed E-state index contributed by atoms with van der Waals surface area (Å²) in [6, 6.07) is 8.60. The lowest BCUT2D eigenvalue weighted by Crippen LogP contribution is -1.91. The quantitative estimate of drug-likeness (QED) is 0.685. The average Bonchev–Trinajstić information content (AvgIpc) is 2.83. The standard InChI is InChI=1S/C14H15BrO/c1-9-2-5-13-11(6-9)8-14(16-13)10-3-4-12(15)7-10/h2,5-6,8,10,12H,3-4,7H2,1H3. The van der Waals surface area contributed by atoms with Gasteiger partial charge in [-0.3, -0.25) is 0 Å². The molecular weight excluding hydrogens is 264 g/mol. The van der Waals surface area contributed by atoms with Gasteiger partial charge in [0, 0.05) is 16.1 Å². The number of furan rings is 1. The van der Waals surface area contributed by atoms with E-state index in [2.05, 4.69) is 47.1 Å². The molecule has 1 nitrogen and oxygen atoms in total. The van der Waals surface area contributed by atoms with Crippen molar-refractivity contribution in [2.75, 3.05) is 0 Å². The van der Waals surface area contributed by atoms with E-state index in [0.29, 0.717) is 10.7 Å². The molecule has 0 spiro atoms. The van der Waals surface area contributed by atoms with Crippen LogP contribution in [-0.2, 0) is 0 Å². The van der Waals surface area contributed by atoms with Gasteiger partial charge < -0.3 is 4.42 Å². The van der Waals surface area contributed by atoms with Crippen molar-refractivity contribution in [3.05, 3.63) is 35.6 Å². The molecule has 84 valence electrons. The van der Waals surface area contributed by atoms with Gasteiger partial charge in [-0.05, 0) is 44.4 Å². The van der Waals surface area contributed by atoms with Gasteiger partial charge in [-0.1, -0.05) is 27.6 Å². The predicted octanol–water partition coefficient (Wildman–Crippen LogP) is 4.77. The van der Waals surface area contributed by atoms with Gasteiger partial charge >= 0.3 is 0 Å². The summed E-state index contributed by atoms with van der Waals surface area (Å²) >= 11 is 3.69. The molecule has 0 amide bonds. The Hall–Kier alpha value is -0.760. The molecule has 1 aliphatic rings. The topological polar surface area (TPSA) is 13.1 Å². The Labute approximate surface area is 104 Å². The zero-order chi connectivity index (χ0) is 11.1. The zero-order valence-corrected chi connectivity index (χ0v) is 11.0. The van der Waals surface area contributed by atoms with Crippen LogP contribution in [0.5, 0.6) is 0 Å². The summed E-state index contributed by atoms with van der Waals surface area (Å²) in [4.78, 5) is 0.674. The Morgan fingerprint density at radius 1 is 1.25 bits per heavy atom. The summed E-state index contributed by atoms with van der Waals surface area (Å²) in [6.45, 7) is 2.12. The minimum atomic E-state index is 0.608. The lowest BCUT2D eigenvalue weighted by molar-refractivity contribution is 0.494. The van der Waals surface area contributed by atoms with E-state index in [9.17, 15) is 0 Å². The van der Waals surface area contributed by atoms with Crippen LogP contribution in [0.1, 0.15) is 36.5 Å². The summed E-state index contributed by atoms with van der Waals surface area (Å²) < 4.78 is 5.93. The maximum Gasteiger partial charge on any atom is 0.134 e. The van der Waals surface area contributed by atoms with Crippen molar-refractivity contribution in [1.82, 2.24) is 0 Å². The first-order valence-electron chi connectivity index (χ1n) is 5.86. The first kappa shape index (κ1) is 10.4. The summed E-state index contributed by atoms with van der Waals surface area (Å²) in [6.07, 6.45) is 3.72. The Kier molecular flexibility index (Phi) is 2.55. The maximum absolute atomic E-state index is 5.93. The van der Waals surface area contributed by atoms with Crippen LogP contribution >= 0.6 is 15.9 Å². The molecule has 0 radical (unpaired) electrons. The fraction of sp³-hybridized carbons (Fsp3) is 0.429. The molecule has 1 fully saturated rings. The molecule has 16 heavy (non-hydrogen) atoms. The van der Waals surface area contributed by atoms with Crippen LogP contribution in [-0.4, -0.2) is 4.83 Å². The van der Waals surface area contributed by atoms with Crippen molar-refractivity contribution < 1.29 is 4.42 Å². The number of hydrogen-bond acceptors (Lipinski definition) is 1. The summed E-state index contributed by atoms with van der Waals surface area (Å²) in [7, 11) is 0. The minimum Gasteiger partial charge on any atom is -0.461 e. The van der Waals surface area contributed by atoms with Gasteiger partial charge in [0.05, 0.1) is 0 Å². The molecule has 0 saturated heterocycles. The van der Waals surface area contributed by atoms with Crippen LogP contribution in [0.2, 0.25) is 0 Å². The molecule has 0 N–H and O–H groups in total. The Morgan fingerprint density at radius 3 is 2.88 bits per heavy atom. The minimum absolute atomic E-state index is 0.608. The van der Waals surface area contributed by atoms with Crippen molar-refractivity contribution in [2.24, 2.45) is 0 Å². The summed E-state index contributed by atoms with van der Waals surface area (Å²) in [5.41, 5.74) is 2.32. The van der Waals surface area contributed by atoms with E-state index in [1.165, 1.54) is 36.0 Å². The maximum atomic E-state index is 5.93. The van der Waals surface area contributed by atoms with Gasteiger partial charge in [0.2, 0.25) is 0 Å². The van der Waals surface area contributed by atoms with Gasteiger partial charge in [0.15, 0.2) is 0 Å². The number of aryl methyl sites for hydroxylation is 1. The van der Waals surface area contributed by atoms with Gasteiger partial charge in [-0.25, -0.2) is 0 Å². The Bertz CT molecular complexity index is 514. The fourth-order valence-electron chi connectivity index (χ4n) is 2.57. The third-order valence-electron chi connectivity index (χ3n) is 3.46. The van der Waals surface area contributed by atoms with E-state index in [0.717, 1.165) is 5.58 Å². The normalized spacial score (nSPS) is 25.4. The Balaban J connectivity index is 1.99. The van der Waals surface area contributed by atoms with Crippen molar-refractivity contribution in [1.29, 1.82) is 0 Å². The molecule has 1 saturated carbocycles. The van der Waals surface area contributed by atoms with E-state index in [4.69, 9.17) is 4.42 Å². The molecule has 2 aromatic rings. The highest BCUT2D eigenvalue weighted by molar-refractivity contribution is 9.09. The highest BCUT2D eigenvalue weighted by atomic mass is 79.9. The van der Waals surface area contributed by atoms with Crippen LogP contribution < -0.4 is 0 Å². The van der Waals surface area contributed by atoms with Gasteiger partial charge in [-0.15, -0.1) is 0 Å². The average molecular weight is 279 g/mol. The van der Waals surface area contributed by atoms with Crippen LogP contribution in [0.3, 0.4) is 0 Å². The number of fused-ring (bicyclic) bond motifs is 1. The van der Waals surface area contributed by atoms with E-state index < -0.39 is 0 Å². The van der Waals surface area contributed by atoms with Crippen LogP contribution in [0.15, 0.2) is 28.7 Å². The van der Waals surface area contributed by atoms with Crippen molar-refractivity contribution in [3.63, 3.8) is 0 Å². The molecule has 1 heterocycles. The van der Waals surface area contributed by atoms with Crippen molar-refractivity contribution >= 4 is 26.9 Å². The number of benzene rings is 1. The second-order valence-electron chi connectivity index (χ2n) is 4.80. The van der Waals surface area contributed by atoms with Crippen molar-refractivity contribution in [3.8, 4) is 0 Å². The summed E-state index contributed by atoms with van der Waals surface area (Å²) in [5.74, 6) is 1.78. The van der Waals surface area contributed by atoms with E-state index in [-0.39, 0.29) is 0 Å². The van der Waals surface area contributed by atoms with Gasteiger partial charge in [0.1, 0.15) is 11.3 Å². The van der Waals surface area contributed by atoms with E-state index in [1.54, 1.807) is 0 Å². The van der Waals surface area contributed by atoms with E-state index in [1.807, 2.05) is 0 Å². The number of halogens is 1. The molecule has 2 unspecified atom stereocenters. The van der Waals surface area contributed by atoms with E-state index >= 15 is 0 Å². The molecule has 2 heteroatoms. The molecule has 1 aromatic heterocycles. The second-order valence-corrected chi connectivity index (χ2v) is 6.09. The highest BCUT2D eigenvalue weighted by Gasteiger charge is 2.26. The first-order valence-corrected chi connectivity index (χ1v) is 6.78. The van der Waals surface area contributed by atoms with Crippen molar-refractivity contribution in [2.45, 2.75) is 36.9 Å². The molecule has 0 bridgehead atoms. The number of rotatable bonds is 1. The number of alkyl halides is 1. The molecule has 1 aliphatic carbocycles. The van der Waals surface area contributed by atoms with Gasteiger partial charge in [0.25, 0.3) is 0 Å². The van der Waals surface area contributed by atoms with Crippen LogP contribution in [0, 0.1) is 6.92 Å². The smallest absolute Gasteiger partial charge is 0.134 e. The lowest BCUT2D eigenvalue weighted by Gasteiger charge is -2.03. The summed E-state index contributed by atoms with van der Waals surface area (Å²) in [5, 5.41) is 1.24.